The van der Waals surface area contributed by atoms with Gasteiger partial charge in [-0.15, -0.1) is 0 Å². The second-order valence-corrected chi connectivity index (χ2v) is 6.98. The molecule has 114 valence electrons. The summed E-state index contributed by atoms with van der Waals surface area (Å²) in [5, 5.41) is 0. The fourth-order valence-corrected chi connectivity index (χ4v) is 3.56. The number of sulfonamides is 1. The third-order valence-corrected chi connectivity index (χ3v) is 4.85. The molecule has 1 aromatic carbocycles. The Morgan fingerprint density at radius 1 is 1.35 bits per heavy atom. The number of anilines is 1. The Balaban J connectivity index is 2.58. The number of benzene rings is 1. The van der Waals surface area contributed by atoms with Crippen LogP contribution in [0.4, 0.5) is 5.69 Å². The third kappa shape index (κ3) is 5.02. The van der Waals surface area contributed by atoms with Gasteiger partial charge in [0, 0.05) is 24.3 Å². The Bertz CT molecular complexity index is 515. The molecule has 5 nitrogen and oxygen atoms in total. The zero-order valence-corrected chi connectivity index (χ0v) is 13.2. The number of nitrogens with zero attached hydrogens (tertiary/aromatic N) is 1. The quantitative estimate of drug-likeness (QED) is 0.746. The van der Waals surface area contributed by atoms with Crippen molar-refractivity contribution in [1.29, 1.82) is 0 Å². The van der Waals surface area contributed by atoms with Crippen LogP contribution in [0.3, 0.4) is 0 Å². The molecule has 0 spiro atoms. The van der Waals surface area contributed by atoms with Crippen LogP contribution < -0.4 is 10.5 Å². The summed E-state index contributed by atoms with van der Waals surface area (Å²) >= 11 is 0. The highest BCUT2D eigenvalue weighted by molar-refractivity contribution is 7.89. The Labute approximate surface area is 121 Å². The van der Waals surface area contributed by atoms with Crippen molar-refractivity contribution >= 4 is 15.7 Å². The van der Waals surface area contributed by atoms with Gasteiger partial charge in [0.1, 0.15) is 12.4 Å². The highest BCUT2D eigenvalue weighted by Crippen LogP contribution is 2.15. The predicted octanol–water partition coefficient (Wildman–Crippen LogP) is 2.10. The number of hydrogen-bond donors (Lipinski definition) is 1. The molecule has 0 atom stereocenters. The van der Waals surface area contributed by atoms with Crippen LogP contribution in [0.15, 0.2) is 24.3 Å². The zero-order chi connectivity index (χ0) is 15.2. The van der Waals surface area contributed by atoms with Crippen molar-refractivity contribution in [2.24, 2.45) is 0 Å². The summed E-state index contributed by atoms with van der Waals surface area (Å²) in [5.41, 5.74) is 6.23. The van der Waals surface area contributed by atoms with Crippen molar-refractivity contribution in [3.05, 3.63) is 24.3 Å². The van der Waals surface area contributed by atoms with Gasteiger partial charge in [-0.1, -0.05) is 13.0 Å². The van der Waals surface area contributed by atoms with Crippen molar-refractivity contribution in [2.75, 3.05) is 24.6 Å². The molecule has 6 heteroatoms. The number of ether oxygens (including phenoxy) is 1. The van der Waals surface area contributed by atoms with Gasteiger partial charge in [-0.2, -0.15) is 4.31 Å². The van der Waals surface area contributed by atoms with Gasteiger partial charge in [0.25, 0.3) is 0 Å². The van der Waals surface area contributed by atoms with Crippen LogP contribution in [0.25, 0.3) is 0 Å². The maximum atomic E-state index is 12.2. The van der Waals surface area contributed by atoms with E-state index in [0.717, 1.165) is 6.42 Å². The molecule has 0 amide bonds. The highest BCUT2D eigenvalue weighted by atomic mass is 32.2. The molecule has 0 unspecified atom stereocenters. The van der Waals surface area contributed by atoms with E-state index in [4.69, 9.17) is 10.5 Å². The van der Waals surface area contributed by atoms with Crippen LogP contribution in [0.5, 0.6) is 5.75 Å². The van der Waals surface area contributed by atoms with Gasteiger partial charge in [0.2, 0.25) is 10.0 Å². The van der Waals surface area contributed by atoms with Crippen LogP contribution in [0.1, 0.15) is 27.2 Å². The Kier molecular flexibility index (Phi) is 6.29. The molecule has 0 aliphatic rings. The van der Waals surface area contributed by atoms with E-state index >= 15 is 0 Å². The molecule has 1 aromatic rings. The third-order valence-electron chi connectivity index (χ3n) is 2.85. The molecule has 1 rings (SSSR count). The molecular formula is C14H24N2O3S. The van der Waals surface area contributed by atoms with E-state index in [-0.39, 0.29) is 18.4 Å². The summed E-state index contributed by atoms with van der Waals surface area (Å²) in [7, 11) is -3.29. The molecular weight excluding hydrogens is 276 g/mol. The second kappa shape index (κ2) is 7.50. The molecule has 0 aliphatic heterocycles. The van der Waals surface area contributed by atoms with E-state index in [9.17, 15) is 8.42 Å². The van der Waals surface area contributed by atoms with E-state index in [1.807, 2.05) is 20.8 Å². The van der Waals surface area contributed by atoms with E-state index in [1.54, 1.807) is 24.3 Å². The summed E-state index contributed by atoms with van der Waals surface area (Å²) in [5.74, 6) is 0.562. The van der Waals surface area contributed by atoms with Crippen LogP contribution in [-0.2, 0) is 10.0 Å². The molecule has 0 saturated heterocycles. The topological polar surface area (TPSA) is 72.6 Å². The van der Waals surface area contributed by atoms with E-state index in [0.29, 0.717) is 18.0 Å². The Morgan fingerprint density at radius 2 is 2.05 bits per heavy atom. The Morgan fingerprint density at radius 3 is 2.60 bits per heavy atom. The maximum absolute atomic E-state index is 12.2. The summed E-state index contributed by atoms with van der Waals surface area (Å²) in [6, 6.07) is 6.93. The average Bonchev–Trinajstić information content (AvgIpc) is 2.35. The smallest absolute Gasteiger partial charge is 0.217 e. The highest BCUT2D eigenvalue weighted by Gasteiger charge is 2.23. The lowest BCUT2D eigenvalue weighted by atomic mass is 10.3. The first-order chi connectivity index (χ1) is 9.36. The monoisotopic (exact) mass is 300 g/mol. The molecule has 2 N–H and O–H groups in total. The molecule has 0 saturated carbocycles. The van der Waals surface area contributed by atoms with Crippen LogP contribution in [-0.4, -0.2) is 37.7 Å². The molecule has 0 aliphatic carbocycles. The molecule has 0 bridgehead atoms. The molecule has 0 fully saturated rings. The van der Waals surface area contributed by atoms with Gasteiger partial charge in [0.05, 0.1) is 5.75 Å². The van der Waals surface area contributed by atoms with Crippen molar-refractivity contribution in [3.8, 4) is 5.75 Å². The molecule has 0 aromatic heterocycles. The van der Waals surface area contributed by atoms with Gasteiger partial charge in [-0.05, 0) is 32.4 Å². The average molecular weight is 300 g/mol. The van der Waals surface area contributed by atoms with Gasteiger partial charge in [-0.3, -0.25) is 0 Å². The lowest BCUT2D eigenvalue weighted by molar-refractivity contribution is 0.323. The number of nitrogens with two attached hydrogens (primary N) is 1. The summed E-state index contributed by atoms with van der Waals surface area (Å²) in [6.45, 7) is 6.39. The summed E-state index contributed by atoms with van der Waals surface area (Å²) in [6.07, 6.45) is 0.799. The molecule has 0 heterocycles. The second-order valence-electron chi connectivity index (χ2n) is 4.94. The number of hydrogen-bond acceptors (Lipinski definition) is 4. The zero-order valence-electron chi connectivity index (χ0n) is 12.4. The van der Waals surface area contributed by atoms with Crippen LogP contribution in [0.2, 0.25) is 0 Å². The molecule has 0 radical (unpaired) electrons. The van der Waals surface area contributed by atoms with E-state index in [1.165, 1.54) is 4.31 Å². The van der Waals surface area contributed by atoms with Crippen LogP contribution in [0, 0.1) is 0 Å². The van der Waals surface area contributed by atoms with Gasteiger partial charge < -0.3 is 10.5 Å². The standard InChI is InChI=1S/C14H24N2O3S/c1-4-8-16(12(2)3)20(17,18)10-9-19-14-7-5-6-13(15)11-14/h5-7,11-12H,4,8-10,15H2,1-3H3. The summed E-state index contributed by atoms with van der Waals surface area (Å²) in [4.78, 5) is 0. The number of nitrogen functional groups attached to an aromatic ring is 1. The van der Waals surface area contributed by atoms with Crippen LogP contribution >= 0.6 is 0 Å². The normalized spacial score (nSPS) is 12.1. The van der Waals surface area contributed by atoms with Crippen molar-refractivity contribution in [2.45, 2.75) is 33.2 Å². The lowest BCUT2D eigenvalue weighted by Crippen LogP contribution is -2.40. The molecule has 20 heavy (non-hydrogen) atoms. The largest absolute Gasteiger partial charge is 0.492 e. The van der Waals surface area contributed by atoms with E-state index in [2.05, 4.69) is 0 Å². The van der Waals surface area contributed by atoms with Crippen molar-refractivity contribution in [1.82, 2.24) is 4.31 Å². The fourth-order valence-electron chi connectivity index (χ4n) is 1.93. The van der Waals surface area contributed by atoms with Crippen molar-refractivity contribution in [3.63, 3.8) is 0 Å². The minimum absolute atomic E-state index is 0.0278. The first kappa shape index (κ1) is 16.8. The van der Waals surface area contributed by atoms with Gasteiger partial charge in [0.15, 0.2) is 0 Å². The fraction of sp³-hybridized carbons (Fsp3) is 0.571. The SMILES string of the molecule is CCCN(C(C)C)S(=O)(=O)CCOc1cccc(N)c1. The van der Waals surface area contributed by atoms with Gasteiger partial charge >= 0.3 is 0 Å². The summed E-state index contributed by atoms with van der Waals surface area (Å²) < 4.78 is 31.4. The minimum Gasteiger partial charge on any atom is -0.492 e. The number of rotatable bonds is 8. The lowest BCUT2D eigenvalue weighted by Gasteiger charge is -2.25. The van der Waals surface area contributed by atoms with Crippen molar-refractivity contribution < 1.29 is 13.2 Å². The Hall–Kier alpha value is -1.27. The predicted molar refractivity (Wildman–Crippen MR) is 82.3 cm³/mol. The van der Waals surface area contributed by atoms with Gasteiger partial charge in [-0.25, -0.2) is 8.42 Å². The first-order valence-electron chi connectivity index (χ1n) is 6.84. The van der Waals surface area contributed by atoms with E-state index < -0.39 is 10.0 Å². The minimum atomic E-state index is -3.29. The first-order valence-corrected chi connectivity index (χ1v) is 8.45. The maximum Gasteiger partial charge on any atom is 0.217 e.